The number of carbonyl (C=O) groups excluding carboxylic acids is 1. The van der Waals surface area contributed by atoms with Gasteiger partial charge >= 0.3 is 12.1 Å². The van der Waals surface area contributed by atoms with Gasteiger partial charge in [-0.3, -0.25) is 4.79 Å². The van der Waals surface area contributed by atoms with E-state index < -0.39 is 53.7 Å². The lowest BCUT2D eigenvalue weighted by molar-refractivity contribution is -0.284. The number of halogens is 8. The maximum Gasteiger partial charge on any atom is 0.453 e. The molecule has 3 N–H and O–H groups in total. The van der Waals surface area contributed by atoms with E-state index in [-0.39, 0.29) is 45.6 Å². The van der Waals surface area contributed by atoms with Crippen molar-refractivity contribution in [2.24, 2.45) is 0 Å². The van der Waals surface area contributed by atoms with Gasteiger partial charge in [-0.25, -0.2) is 28.1 Å². The number of fused-ring (bicyclic) bond motifs is 2. The molecule has 4 aromatic rings. The molecule has 1 aliphatic heterocycles. The van der Waals surface area contributed by atoms with Crippen molar-refractivity contribution in [2.75, 3.05) is 11.1 Å². The van der Waals surface area contributed by atoms with Gasteiger partial charge in [0, 0.05) is 25.1 Å². The first-order valence-electron chi connectivity index (χ1n) is 11.2. The summed E-state index contributed by atoms with van der Waals surface area (Å²) in [6.07, 6.45) is -7.49. The Labute approximate surface area is 213 Å². The summed E-state index contributed by atoms with van der Waals surface area (Å²) in [6, 6.07) is 4.71. The number of benzene rings is 1. The fourth-order valence-corrected chi connectivity index (χ4v) is 4.50. The Hall–Kier alpha value is -4.30. The molecule has 1 amide bonds. The second-order valence-corrected chi connectivity index (χ2v) is 9.07. The monoisotopic (exact) mass is 556 g/mol. The Morgan fingerprint density at radius 2 is 1.64 bits per heavy atom. The molecule has 39 heavy (non-hydrogen) atoms. The molecule has 0 aliphatic carbocycles. The number of alkyl halides is 5. The first-order valence-corrected chi connectivity index (χ1v) is 11.2. The van der Waals surface area contributed by atoms with E-state index >= 15 is 0 Å². The molecule has 0 saturated heterocycles. The number of hydrogen-bond donors (Lipinski definition) is 2. The molecule has 0 radical (unpaired) electrons. The Morgan fingerprint density at radius 1 is 0.974 bits per heavy atom. The summed E-state index contributed by atoms with van der Waals surface area (Å²) in [4.78, 5) is 25.4. The molecule has 0 spiro atoms. The van der Waals surface area contributed by atoms with E-state index in [9.17, 15) is 39.9 Å². The molecule has 5 rings (SSSR count). The summed E-state index contributed by atoms with van der Waals surface area (Å²) in [7, 11) is 0. The summed E-state index contributed by atoms with van der Waals surface area (Å²) in [5.74, 6) is -9.49. The van der Waals surface area contributed by atoms with Gasteiger partial charge in [-0.15, -0.1) is 0 Å². The SMILES string of the molecule is CC1(c2cc(F)cc(F)c2)C(=O)Nc2nc(-c3nc(CCC(F)(F)C(F)(F)F)n4cc(F)ccc34)nc(N)c21. The molecule has 1 aromatic carbocycles. The molecule has 4 heterocycles. The maximum absolute atomic E-state index is 14.0. The zero-order chi connectivity index (χ0) is 28.5. The van der Waals surface area contributed by atoms with Crippen molar-refractivity contribution in [1.82, 2.24) is 19.4 Å². The average molecular weight is 556 g/mol. The lowest BCUT2D eigenvalue weighted by Crippen LogP contribution is -2.36. The Morgan fingerprint density at radius 3 is 2.28 bits per heavy atom. The van der Waals surface area contributed by atoms with E-state index in [0.29, 0.717) is 6.07 Å². The fourth-order valence-electron chi connectivity index (χ4n) is 4.50. The lowest BCUT2D eigenvalue weighted by atomic mass is 9.77. The number of hydrogen-bond acceptors (Lipinski definition) is 5. The van der Waals surface area contributed by atoms with Crippen LogP contribution in [0.3, 0.4) is 0 Å². The molecular formula is C24H16F8N6O. The minimum absolute atomic E-state index is 0.000789. The zero-order valence-electron chi connectivity index (χ0n) is 19.7. The van der Waals surface area contributed by atoms with Crippen molar-refractivity contribution in [2.45, 2.75) is 37.3 Å². The number of rotatable bonds is 5. The second kappa shape index (κ2) is 8.61. The van der Waals surface area contributed by atoms with Gasteiger partial charge < -0.3 is 15.5 Å². The molecular weight excluding hydrogens is 540 g/mol. The van der Waals surface area contributed by atoms with Gasteiger partial charge in [0.25, 0.3) is 0 Å². The van der Waals surface area contributed by atoms with Crippen LogP contribution in [0.2, 0.25) is 0 Å². The number of carbonyl (C=O) groups is 1. The van der Waals surface area contributed by atoms with Gasteiger partial charge in [-0.05, 0) is 36.8 Å². The third-order valence-corrected chi connectivity index (χ3v) is 6.53. The van der Waals surface area contributed by atoms with Crippen LogP contribution >= 0.6 is 0 Å². The number of nitrogens with one attached hydrogen (secondary N) is 1. The van der Waals surface area contributed by atoms with Gasteiger partial charge in [0.15, 0.2) is 5.82 Å². The van der Waals surface area contributed by atoms with Crippen molar-refractivity contribution in [1.29, 1.82) is 0 Å². The molecule has 204 valence electrons. The third kappa shape index (κ3) is 4.21. The summed E-state index contributed by atoms with van der Waals surface area (Å²) >= 11 is 0. The van der Waals surface area contributed by atoms with Gasteiger partial charge in [0.2, 0.25) is 5.91 Å². The quantitative estimate of drug-likeness (QED) is 0.330. The van der Waals surface area contributed by atoms with Gasteiger partial charge in [0.05, 0.1) is 11.1 Å². The molecule has 0 bridgehead atoms. The molecule has 1 atom stereocenters. The second-order valence-electron chi connectivity index (χ2n) is 9.07. The summed E-state index contributed by atoms with van der Waals surface area (Å²) in [5.41, 5.74) is 4.29. The number of aryl methyl sites for hydroxylation is 1. The van der Waals surface area contributed by atoms with Gasteiger partial charge in [0.1, 0.15) is 46.0 Å². The van der Waals surface area contributed by atoms with E-state index in [1.165, 1.54) is 13.0 Å². The van der Waals surface area contributed by atoms with Crippen molar-refractivity contribution in [3.05, 3.63) is 70.9 Å². The first-order chi connectivity index (χ1) is 18.1. The van der Waals surface area contributed by atoms with Gasteiger partial charge in [-0.1, -0.05) is 0 Å². The number of nitrogen functional groups attached to an aromatic ring is 1. The van der Waals surface area contributed by atoms with Crippen molar-refractivity contribution < 1.29 is 39.9 Å². The third-order valence-electron chi connectivity index (χ3n) is 6.53. The molecule has 1 aliphatic rings. The van der Waals surface area contributed by atoms with Crippen molar-refractivity contribution >= 4 is 23.1 Å². The van der Waals surface area contributed by atoms with E-state index in [1.54, 1.807) is 0 Å². The Bertz CT molecular complexity index is 1630. The number of imidazole rings is 1. The molecule has 7 nitrogen and oxygen atoms in total. The fraction of sp³-hybridized carbons (Fsp3) is 0.250. The molecule has 15 heteroatoms. The maximum atomic E-state index is 14.0. The van der Waals surface area contributed by atoms with Crippen molar-refractivity contribution in [3.8, 4) is 11.5 Å². The van der Waals surface area contributed by atoms with Crippen LogP contribution in [-0.2, 0) is 16.6 Å². The predicted octanol–water partition coefficient (Wildman–Crippen LogP) is 5.18. The smallest absolute Gasteiger partial charge is 0.383 e. The largest absolute Gasteiger partial charge is 0.453 e. The Kier molecular flexibility index (Phi) is 5.81. The standard InChI is InChI=1S/C24H16F8N6O/c1-22(10-6-12(26)8-13(27)7-10)16-18(33)35-20(36-19(16)37-21(22)39)17-14-3-2-11(25)9-38(14)15(34-17)4-5-23(28,29)24(30,31)32/h2-3,6-9H,4-5H2,1H3,(H3,33,35,36,37,39). The van der Waals surface area contributed by atoms with E-state index in [1.807, 2.05) is 0 Å². The van der Waals surface area contributed by atoms with Crippen LogP contribution in [-0.4, -0.2) is 37.4 Å². The van der Waals surface area contributed by atoms with E-state index in [4.69, 9.17) is 5.73 Å². The zero-order valence-corrected chi connectivity index (χ0v) is 19.7. The predicted molar refractivity (Wildman–Crippen MR) is 121 cm³/mol. The van der Waals surface area contributed by atoms with Crippen LogP contribution in [0.15, 0.2) is 36.5 Å². The molecule has 0 saturated carbocycles. The van der Waals surface area contributed by atoms with Crippen LogP contribution in [0.5, 0.6) is 0 Å². The average Bonchev–Trinajstić information content (AvgIpc) is 3.31. The van der Waals surface area contributed by atoms with Crippen LogP contribution in [0.4, 0.5) is 46.8 Å². The normalized spacial score (nSPS) is 17.5. The number of amides is 1. The van der Waals surface area contributed by atoms with Crippen LogP contribution in [0, 0.1) is 17.5 Å². The van der Waals surface area contributed by atoms with E-state index in [0.717, 1.165) is 28.8 Å². The summed E-state index contributed by atoms with van der Waals surface area (Å²) in [5, 5.41) is 2.47. The highest BCUT2D eigenvalue weighted by Gasteiger charge is 2.56. The summed E-state index contributed by atoms with van der Waals surface area (Å²) < 4.78 is 108. The van der Waals surface area contributed by atoms with Crippen LogP contribution in [0.25, 0.3) is 17.0 Å². The molecule has 0 fully saturated rings. The highest BCUT2D eigenvalue weighted by Crippen LogP contribution is 2.45. The van der Waals surface area contributed by atoms with Crippen LogP contribution < -0.4 is 11.1 Å². The van der Waals surface area contributed by atoms with E-state index in [2.05, 4.69) is 20.3 Å². The Balaban J connectivity index is 1.61. The molecule has 3 aromatic heterocycles. The highest BCUT2D eigenvalue weighted by molar-refractivity contribution is 6.09. The molecule has 1 unspecified atom stereocenters. The number of nitrogens with zero attached hydrogens (tertiary/aromatic N) is 4. The van der Waals surface area contributed by atoms with Crippen LogP contribution in [0.1, 0.15) is 30.3 Å². The number of nitrogens with two attached hydrogens (primary N) is 1. The first kappa shape index (κ1) is 26.3. The number of aromatic nitrogens is 4. The topological polar surface area (TPSA) is 98.2 Å². The number of anilines is 2. The highest BCUT2D eigenvalue weighted by atomic mass is 19.4. The minimum atomic E-state index is -5.79. The lowest BCUT2D eigenvalue weighted by Gasteiger charge is -2.23. The van der Waals surface area contributed by atoms with Gasteiger partial charge in [-0.2, -0.15) is 22.0 Å². The summed E-state index contributed by atoms with van der Waals surface area (Å²) in [6.45, 7) is 1.36. The minimum Gasteiger partial charge on any atom is -0.383 e. The van der Waals surface area contributed by atoms with Crippen molar-refractivity contribution in [3.63, 3.8) is 0 Å². The number of pyridine rings is 1.